The second-order valence-corrected chi connectivity index (χ2v) is 14.6. The summed E-state index contributed by atoms with van der Waals surface area (Å²) in [5.74, 6) is -2.03. The number of hydrogen-bond donors (Lipinski definition) is 1. The number of hydrogen-bond acceptors (Lipinski definition) is 7. The van der Waals surface area contributed by atoms with E-state index in [4.69, 9.17) is 18.9 Å². The molecule has 9 heteroatoms. The number of carboxylic acid groups (broad SMARTS) is 1. The Hall–Kier alpha value is -2.23. The van der Waals surface area contributed by atoms with Crippen LogP contribution in [-0.2, 0) is 33.3 Å². The predicted molar refractivity (Wildman–Crippen MR) is 203 cm³/mol. The third-order valence-corrected chi connectivity index (χ3v) is 8.43. The van der Waals surface area contributed by atoms with E-state index in [2.05, 4.69) is 38.2 Å². The number of likely N-dealkylation sites (N-methyl/N-ethyl adjacent to an activating group) is 1. The number of quaternary nitrogens is 1. The number of nitrogens with zero attached hydrogens (tertiary/aromatic N) is 1. The Morgan fingerprint density at radius 2 is 1.04 bits per heavy atom. The zero-order chi connectivity index (χ0) is 37.1. The quantitative estimate of drug-likeness (QED) is 0.0225. The van der Waals surface area contributed by atoms with E-state index in [0.29, 0.717) is 23.9 Å². The third kappa shape index (κ3) is 34.2. The molecule has 0 fully saturated rings. The maximum absolute atomic E-state index is 12.7. The summed E-state index contributed by atoms with van der Waals surface area (Å²) in [6.07, 6.45) is 30.9. The number of allylic oxidation sites excluding steroid dienone is 4. The molecule has 0 radical (unpaired) electrons. The van der Waals surface area contributed by atoms with Crippen LogP contribution >= 0.6 is 0 Å². The van der Waals surface area contributed by atoms with Crippen LogP contribution in [0.25, 0.3) is 0 Å². The van der Waals surface area contributed by atoms with Crippen molar-refractivity contribution in [1.29, 1.82) is 0 Å². The Labute approximate surface area is 306 Å². The fourth-order valence-corrected chi connectivity index (χ4v) is 5.22. The molecule has 0 bridgehead atoms. The van der Waals surface area contributed by atoms with E-state index >= 15 is 0 Å². The van der Waals surface area contributed by atoms with Gasteiger partial charge >= 0.3 is 17.9 Å². The molecule has 2 unspecified atom stereocenters. The van der Waals surface area contributed by atoms with Crippen molar-refractivity contribution in [2.24, 2.45) is 0 Å². The van der Waals surface area contributed by atoms with Crippen molar-refractivity contribution >= 4 is 17.9 Å². The molecular weight excluding hydrogens is 634 g/mol. The van der Waals surface area contributed by atoms with E-state index in [1.54, 1.807) is 0 Å². The Kier molecular flexibility index (Phi) is 32.4. The Bertz CT molecular complexity index is 882. The highest BCUT2D eigenvalue weighted by atomic mass is 16.7. The van der Waals surface area contributed by atoms with Gasteiger partial charge in [-0.05, 0) is 57.8 Å². The molecule has 0 rings (SSSR count). The summed E-state index contributed by atoms with van der Waals surface area (Å²) in [6, 6.07) is 0. The van der Waals surface area contributed by atoms with Crippen molar-refractivity contribution in [3.8, 4) is 0 Å². The summed E-state index contributed by atoms with van der Waals surface area (Å²) in [4.78, 5) is 36.9. The number of carbonyl (C=O) groups excluding carboxylic acids is 2. The summed E-state index contributed by atoms with van der Waals surface area (Å²) < 4.78 is 22.6. The van der Waals surface area contributed by atoms with Crippen molar-refractivity contribution in [2.45, 2.75) is 174 Å². The fourth-order valence-electron chi connectivity index (χ4n) is 5.22. The van der Waals surface area contributed by atoms with Gasteiger partial charge < -0.3 is 28.5 Å². The van der Waals surface area contributed by atoms with Crippen LogP contribution < -0.4 is 0 Å². The van der Waals surface area contributed by atoms with Crippen LogP contribution in [0.2, 0.25) is 0 Å². The lowest BCUT2D eigenvalue weighted by molar-refractivity contribution is -0.870. The number of carboxylic acids is 1. The lowest BCUT2D eigenvalue weighted by Crippen LogP contribution is -2.40. The topological polar surface area (TPSA) is 108 Å². The molecule has 0 heterocycles. The predicted octanol–water partition coefficient (Wildman–Crippen LogP) is 9.72. The summed E-state index contributed by atoms with van der Waals surface area (Å²) >= 11 is 0. The van der Waals surface area contributed by atoms with Gasteiger partial charge in [-0.3, -0.25) is 9.59 Å². The Balaban J connectivity index is 4.54. The minimum atomic E-state index is -1.51. The van der Waals surface area contributed by atoms with Gasteiger partial charge in [-0.2, -0.15) is 0 Å². The molecule has 0 aliphatic heterocycles. The molecule has 0 aromatic carbocycles. The first-order valence-electron chi connectivity index (χ1n) is 20.0. The second kappa shape index (κ2) is 33.9. The average molecular weight is 711 g/mol. The van der Waals surface area contributed by atoms with Gasteiger partial charge in [0.2, 0.25) is 0 Å². The summed E-state index contributed by atoms with van der Waals surface area (Å²) in [6.45, 7) is 4.78. The van der Waals surface area contributed by atoms with E-state index in [1.807, 2.05) is 21.1 Å². The largest absolute Gasteiger partial charge is 0.477 e. The van der Waals surface area contributed by atoms with E-state index in [-0.39, 0.29) is 32.2 Å². The minimum Gasteiger partial charge on any atom is -0.477 e. The molecule has 0 saturated heterocycles. The first kappa shape index (κ1) is 47.8. The van der Waals surface area contributed by atoms with Crippen LogP contribution in [0.4, 0.5) is 0 Å². The second-order valence-electron chi connectivity index (χ2n) is 14.6. The SMILES string of the molecule is CCCC/C=C\CCCCCCCC(=O)OCC(COC(OCC[N+](C)(C)C)C(=O)O)OC(=O)CCCCCCC/C=C\CCCCCCC. The first-order valence-corrected chi connectivity index (χ1v) is 20.0. The Morgan fingerprint density at radius 3 is 1.54 bits per heavy atom. The first-order chi connectivity index (χ1) is 24.1. The van der Waals surface area contributed by atoms with Crippen LogP contribution in [0.1, 0.15) is 162 Å². The van der Waals surface area contributed by atoms with E-state index in [9.17, 15) is 19.5 Å². The number of aliphatic carboxylic acids is 1. The number of esters is 2. The fraction of sp³-hybridized carbons (Fsp3) is 0.829. The monoisotopic (exact) mass is 711 g/mol. The molecule has 50 heavy (non-hydrogen) atoms. The molecule has 9 nitrogen and oxygen atoms in total. The molecule has 2 atom stereocenters. The van der Waals surface area contributed by atoms with Crippen molar-refractivity contribution in [3.63, 3.8) is 0 Å². The van der Waals surface area contributed by atoms with Gasteiger partial charge in [-0.25, -0.2) is 4.79 Å². The third-order valence-electron chi connectivity index (χ3n) is 8.43. The van der Waals surface area contributed by atoms with Crippen molar-refractivity contribution < 1.29 is 42.9 Å². The van der Waals surface area contributed by atoms with Gasteiger partial charge in [0.15, 0.2) is 6.10 Å². The number of carbonyl (C=O) groups is 3. The van der Waals surface area contributed by atoms with E-state index in [0.717, 1.165) is 77.0 Å². The maximum Gasteiger partial charge on any atom is 0.361 e. The van der Waals surface area contributed by atoms with Gasteiger partial charge in [0.1, 0.15) is 13.2 Å². The van der Waals surface area contributed by atoms with Crippen LogP contribution in [0.5, 0.6) is 0 Å². The highest BCUT2D eigenvalue weighted by molar-refractivity contribution is 5.71. The van der Waals surface area contributed by atoms with E-state index < -0.39 is 24.3 Å². The number of unbranched alkanes of at least 4 members (excludes halogenated alkanes) is 17. The van der Waals surface area contributed by atoms with Crippen LogP contribution in [0.15, 0.2) is 24.3 Å². The zero-order valence-electron chi connectivity index (χ0n) is 32.8. The molecular formula is C41H76NO8+. The molecule has 0 saturated carbocycles. The molecule has 0 aliphatic carbocycles. The lowest BCUT2D eigenvalue weighted by atomic mass is 10.1. The van der Waals surface area contributed by atoms with Crippen molar-refractivity contribution in [1.82, 2.24) is 0 Å². The lowest BCUT2D eigenvalue weighted by Gasteiger charge is -2.25. The minimum absolute atomic E-state index is 0.185. The normalized spacial score (nSPS) is 13.2. The van der Waals surface area contributed by atoms with Crippen molar-refractivity contribution in [3.05, 3.63) is 24.3 Å². The molecule has 0 amide bonds. The molecule has 0 aromatic heterocycles. The van der Waals surface area contributed by atoms with Gasteiger partial charge in [0, 0.05) is 12.8 Å². The zero-order valence-corrected chi connectivity index (χ0v) is 32.8. The molecule has 0 aliphatic rings. The van der Waals surface area contributed by atoms with Gasteiger partial charge in [-0.1, -0.05) is 115 Å². The summed E-state index contributed by atoms with van der Waals surface area (Å²) in [7, 11) is 5.94. The molecule has 1 N–H and O–H groups in total. The maximum atomic E-state index is 12.7. The molecule has 0 spiro atoms. The van der Waals surface area contributed by atoms with Gasteiger partial charge in [0.05, 0.1) is 34.4 Å². The van der Waals surface area contributed by atoms with Gasteiger partial charge in [-0.15, -0.1) is 0 Å². The van der Waals surface area contributed by atoms with Crippen LogP contribution in [0, 0.1) is 0 Å². The standard InChI is InChI=1S/C41H75NO8/c1-6-8-10-12-14-16-18-19-20-22-24-26-28-30-32-39(44)50-37(36-49-41(40(45)46)47-34-33-42(3,4)5)35-48-38(43)31-29-27-25-23-21-17-15-13-11-9-7-2/h13,15,18-19,37,41H,6-12,14,16-17,20-36H2,1-5H3/p+1/b15-13-,19-18-. The van der Waals surface area contributed by atoms with Crippen molar-refractivity contribution in [2.75, 3.05) is 47.5 Å². The van der Waals surface area contributed by atoms with E-state index in [1.165, 1.54) is 51.4 Å². The highest BCUT2D eigenvalue weighted by Crippen LogP contribution is 2.13. The summed E-state index contributed by atoms with van der Waals surface area (Å²) in [5, 5.41) is 9.59. The molecule has 0 aromatic rings. The number of rotatable bonds is 36. The number of ether oxygens (including phenoxy) is 4. The highest BCUT2D eigenvalue weighted by Gasteiger charge is 2.25. The van der Waals surface area contributed by atoms with Crippen LogP contribution in [0.3, 0.4) is 0 Å². The van der Waals surface area contributed by atoms with Crippen LogP contribution in [-0.4, -0.2) is 87.4 Å². The Morgan fingerprint density at radius 1 is 0.580 bits per heavy atom. The average Bonchev–Trinajstić information content (AvgIpc) is 3.06. The smallest absolute Gasteiger partial charge is 0.361 e. The summed E-state index contributed by atoms with van der Waals surface area (Å²) in [5.41, 5.74) is 0. The molecule has 292 valence electrons. The van der Waals surface area contributed by atoms with Gasteiger partial charge in [0.25, 0.3) is 6.29 Å².